The van der Waals surface area contributed by atoms with Crippen molar-refractivity contribution >= 4 is 28.5 Å². The molecule has 1 aliphatic carbocycles. The highest BCUT2D eigenvalue weighted by Crippen LogP contribution is 2.28. The molecule has 0 atom stereocenters. The van der Waals surface area contributed by atoms with Gasteiger partial charge in [0.25, 0.3) is 0 Å². The second-order valence-corrected chi connectivity index (χ2v) is 5.53. The minimum atomic E-state index is 0.245. The van der Waals surface area contributed by atoms with E-state index in [0.29, 0.717) is 5.65 Å². The standard InChI is InChI=1S/C13H18ClN5/c14-13-17-11(10-8-16-19-12(10)18-13)15-7-3-6-9-4-1-2-5-9/h8-9H,1-7H2,(H2,15,16,17,18,19). The zero-order valence-corrected chi connectivity index (χ0v) is 11.6. The molecule has 2 aromatic heterocycles. The van der Waals surface area contributed by atoms with Gasteiger partial charge in [-0.2, -0.15) is 15.1 Å². The van der Waals surface area contributed by atoms with Crippen molar-refractivity contribution in [1.82, 2.24) is 20.2 Å². The van der Waals surface area contributed by atoms with Crippen LogP contribution in [0.4, 0.5) is 5.82 Å². The average molecular weight is 280 g/mol. The van der Waals surface area contributed by atoms with Crippen molar-refractivity contribution in [2.45, 2.75) is 38.5 Å². The summed E-state index contributed by atoms with van der Waals surface area (Å²) in [6.45, 7) is 0.921. The molecule has 5 nitrogen and oxygen atoms in total. The molecule has 2 N–H and O–H groups in total. The summed E-state index contributed by atoms with van der Waals surface area (Å²) in [7, 11) is 0. The molecule has 1 aliphatic rings. The van der Waals surface area contributed by atoms with E-state index in [1.807, 2.05) is 0 Å². The Morgan fingerprint density at radius 2 is 2.16 bits per heavy atom. The molecule has 19 heavy (non-hydrogen) atoms. The van der Waals surface area contributed by atoms with Crippen LogP contribution in [0.1, 0.15) is 38.5 Å². The summed E-state index contributed by atoms with van der Waals surface area (Å²) < 4.78 is 0. The van der Waals surface area contributed by atoms with Crippen LogP contribution < -0.4 is 5.32 Å². The van der Waals surface area contributed by atoms with Crippen LogP contribution >= 0.6 is 11.6 Å². The second-order valence-electron chi connectivity index (χ2n) is 5.19. The van der Waals surface area contributed by atoms with Gasteiger partial charge in [0, 0.05) is 6.54 Å². The Hall–Kier alpha value is -1.36. The number of rotatable bonds is 5. The van der Waals surface area contributed by atoms with Gasteiger partial charge in [-0.25, -0.2) is 0 Å². The Bertz CT molecular complexity index is 547. The lowest BCUT2D eigenvalue weighted by Crippen LogP contribution is -2.06. The Labute approximate surface area is 117 Å². The molecule has 0 amide bonds. The van der Waals surface area contributed by atoms with Gasteiger partial charge in [0.05, 0.1) is 11.6 Å². The molecule has 0 saturated heterocycles. The highest BCUT2D eigenvalue weighted by molar-refractivity contribution is 6.28. The molecule has 102 valence electrons. The van der Waals surface area contributed by atoms with E-state index in [4.69, 9.17) is 11.6 Å². The van der Waals surface area contributed by atoms with Crippen LogP contribution in [0.15, 0.2) is 6.20 Å². The summed E-state index contributed by atoms with van der Waals surface area (Å²) in [5.74, 6) is 1.71. The van der Waals surface area contributed by atoms with Gasteiger partial charge in [-0.1, -0.05) is 25.7 Å². The lowest BCUT2D eigenvalue weighted by atomic mass is 10.0. The van der Waals surface area contributed by atoms with Crippen LogP contribution in [-0.2, 0) is 0 Å². The van der Waals surface area contributed by atoms with Crippen LogP contribution in [0.3, 0.4) is 0 Å². The molecule has 0 aromatic carbocycles. The molecule has 1 fully saturated rings. The first-order chi connectivity index (χ1) is 9.33. The zero-order chi connectivity index (χ0) is 13.1. The Morgan fingerprint density at radius 3 is 3.00 bits per heavy atom. The van der Waals surface area contributed by atoms with E-state index in [0.717, 1.165) is 23.7 Å². The molecule has 0 bridgehead atoms. The Kier molecular flexibility index (Phi) is 3.82. The summed E-state index contributed by atoms with van der Waals surface area (Å²) in [5.41, 5.74) is 0.679. The van der Waals surface area contributed by atoms with Crippen LogP contribution in [-0.4, -0.2) is 26.7 Å². The lowest BCUT2D eigenvalue weighted by Gasteiger charge is -2.10. The number of nitrogens with one attached hydrogen (secondary N) is 2. The molecular weight excluding hydrogens is 262 g/mol. The van der Waals surface area contributed by atoms with Crippen molar-refractivity contribution in [3.8, 4) is 0 Å². The van der Waals surface area contributed by atoms with Gasteiger partial charge in [-0.05, 0) is 30.4 Å². The summed E-state index contributed by atoms with van der Waals surface area (Å²) in [4.78, 5) is 8.31. The summed E-state index contributed by atoms with van der Waals surface area (Å²) >= 11 is 5.89. The third-order valence-electron chi connectivity index (χ3n) is 3.84. The van der Waals surface area contributed by atoms with E-state index in [-0.39, 0.29) is 5.28 Å². The molecule has 0 aliphatic heterocycles. The van der Waals surface area contributed by atoms with Crippen molar-refractivity contribution < 1.29 is 0 Å². The van der Waals surface area contributed by atoms with Gasteiger partial charge in [0.15, 0.2) is 5.65 Å². The minimum absolute atomic E-state index is 0.245. The van der Waals surface area contributed by atoms with Gasteiger partial charge < -0.3 is 5.32 Å². The predicted molar refractivity (Wildman–Crippen MR) is 76.4 cm³/mol. The number of H-pyrrole nitrogens is 1. The molecule has 0 spiro atoms. The SMILES string of the molecule is Clc1nc(NCCCC2CCCC2)c2cn[nH]c2n1. The first-order valence-corrected chi connectivity index (χ1v) is 7.31. The van der Waals surface area contributed by atoms with Gasteiger partial charge in [0.1, 0.15) is 5.82 Å². The third-order valence-corrected chi connectivity index (χ3v) is 4.01. The molecule has 2 aromatic rings. The van der Waals surface area contributed by atoms with Crippen molar-refractivity contribution in [3.63, 3.8) is 0 Å². The highest BCUT2D eigenvalue weighted by Gasteiger charge is 2.14. The number of anilines is 1. The monoisotopic (exact) mass is 279 g/mol. The van der Waals surface area contributed by atoms with E-state index in [1.165, 1.54) is 38.5 Å². The molecule has 1 saturated carbocycles. The number of nitrogens with zero attached hydrogens (tertiary/aromatic N) is 3. The normalized spacial score (nSPS) is 16.3. The Morgan fingerprint density at radius 1 is 1.32 bits per heavy atom. The molecule has 6 heteroatoms. The number of halogens is 1. The first-order valence-electron chi connectivity index (χ1n) is 6.93. The molecule has 0 unspecified atom stereocenters. The number of hydrogen-bond acceptors (Lipinski definition) is 4. The highest BCUT2D eigenvalue weighted by atomic mass is 35.5. The maximum atomic E-state index is 5.89. The fourth-order valence-electron chi connectivity index (χ4n) is 2.84. The van der Waals surface area contributed by atoms with Gasteiger partial charge >= 0.3 is 0 Å². The van der Waals surface area contributed by atoms with Crippen LogP contribution in [0.25, 0.3) is 11.0 Å². The van der Waals surface area contributed by atoms with Crippen LogP contribution in [0.2, 0.25) is 5.28 Å². The van der Waals surface area contributed by atoms with Crippen LogP contribution in [0, 0.1) is 5.92 Å². The molecular formula is C13H18ClN5. The first kappa shape index (κ1) is 12.7. The molecule has 0 radical (unpaired) electrons. The summed E-state index contributed by atoms with van der Waals surface area (Å²) in [6, 6.07) is 0. The molecule has 2 heterocycles. The maximum absolute atomic E-state index is 5.89. The predicted octanol–water partition coefficient (Wildman–Crippen LogP) is 3.39. The number of hydrogen-bond donors (Lipinski definition) is 2. The van der Waals surface area contributed by atoms with E-state index in [1.54, 1.807) is 6.20 Å². The minimum Gasteiger partial charge on any atom is -0.369 e. The van der Waals surface area contributed by atoms with Gasteiger partial charge in [-0.15, -0.1) is 0 Å². The van der Waals surface area contributed by atoms with Crippen molar-refractivity contribution in [3.05, 3.63) is 11.5 Å². The zero-order valence-electron chi connectivity index (χ0n) is 10.8. The summed E-state index contributed by atoms with van der Waals surface area (Å²) in [5, 5.41) is 11.3. The van der Waals surface area contributed by atoms with E-state index in [2.05, 4.69) is 25.5 Å². The number of aromatic amines is 1. The van der Waals surface area contributed by atoms with Gasteiger partial charge in [0.2, 0.25) is 5.28 Å². The van der Waals surface area contributed by atoms with E-state index in [9.17, 15) is 0 Å². The smallest absolute Gasteiger partial charge is 0.226 e. The van der Waals surface area contributed by atoms with Crippen molar-refractivity contribution in [1.29, 1.82) is 0 Å². The topological polar surface area (TPSA) is 66.5 Å². The third kappa shape index (κ3) is 2.97. The van der Waals surface area contributed by atoms with Crippen molar-refractivity contribution in [2.75, 3.05) is 11.9 Å². The van der Waals surface area contributed by atoms with Gasteiger partial charge in [-0.3, -0.25) is 5.10 Å². The summed E-state index contributed by atoms with van der Waals surface area (Å²) in [6.07, 6.45) is 9.85. The maximum Gasteiger partial charge on any atom is 0.226 e. The van der Waals surface area contributed by atoms with E-state index < -0.39 is 0 Å². The quantitative estimate of drug-likeness (QED) is 0.650. The fraction of sp³-hybridized carbons (Fsp3) is 0.615. The number of fused-ring (bicyclic) bond motifs is 1. The van der Waals surface area contributed by atoms with E-state index >= 15 is 0 Å². The average Bonchev–Trinajstić information content (AvgIpc) is 3.04. The Balaban J connectivity index is 1.57. The van der Waals surface area contributed by atoms with Crippen LogP contribution in [0.5, 0.6) is 0 Å². The van der Waals surface area contributed by atoms with Crippen molar-refractivity contribution in [2.24, 2.45) is 5.92 Å². The fourth-order valence-corrected chi connectivity index (χ4v) is 3.01. The lowest BCUT2D eigenvalue weighted by molar-refractivity contribution is 0.491. The second kappa shape index (κ2) is 5.74. The number of aromatic nitrogens is 4. The molecule has 3 rings (SSSR count). The largest absolute Gasteiger partial charge is 0.369 e.